The first-order valence-electron chi connectivity index (χ1n) is 4.33. The van der Waals surface area contributed by atoms with Crippen LogP contribution in [0.5, 0.6) is 0 Å². The highest BCUT2D eigenvalue weighted by Crippen LogP contribution is 2.23. The molecule has 0 aliphatic heterocycles. The van der Waals surface area contributed by atoms with Crippen molar-refractivity contribution in [3.05, 3.63) is 16.8 Å². The van der Waals surface area contributed by atoms with E-state index in [9.17, 15) is 4.79 Å². The van der Waals surface area contributed by atoms with Gasteiger partial charge in [-0.2, -0.15) is 0 Å². The first kappa shape index (κ1) is 9.21. The SMILES string of the molecule is CCOC(=O)c1[nH]c2scnc2c1C. The van der Waals surface area contributed by atoms with Gasteiger partial charge in [-0.1, -0.05) is 0 Å². The topological polar surface area (TPSA) is 55.0 Å². The van der Waals surface area contributed by atoms with Crippen molar-refractivity contribution in [3.8, 4) is 0 Å². The number of carbonyl (C=O) groups is 1. The molecule has 14 heavy (non-hydrogen) atoms. The largest absolute Gasteiger partial charge is 0.461 e. The van der Waals surface area contributed by atoms with Crippen LogP contribution in [0.4, 0.5) is 0 Å². The number of aromatic nitrogens is 2. The molecule has 0 amide bonds. The van der Waals surface area contributed by atoms with E-state index in [1.54, 1.807) is 12.4 Å². The molecule has 0 aliphatic rings. The Labute approximate surface area is 84.9 Å². The minimum atomic E-state index is -0.310. The lowest BCUT2D eigenvalue weighted by atomic mass is 10.2. The van der Waals surface area contributed by atoms with Crippen molar-refractivity contribution in [2.75, 3.05) is 6.61 Å². The van der Waals surface area contributed by atoms with Crippen LogP contribution in [-0.2, 0) is 4.74 Å². The van der Waals surface area contributed by atoms with Gasteiger partial charge < -0.3 is 9.72 Å². The van der Waals surface area contributed by atoms with Crippen molar-refractivity contribution in [3.63, 3.8) is 0 Å². The van der Waals surface area contributed by atoms with Crippen LogP contribution in [0.25, 0.3) is 10.3 Å². The smallest absolute Gasteiger partial charge is 0.355 e. The molecule has 0 saturated carbocycles. The second kappa shape index (κ2) is 3.42. The molecule has 74 valence electrons. The summed E-state index contributed by atoms with van der Waals surface area (Å²) in [6, 6.07) is 0. The van der Waals surface area contributed by atoms with Crippen molar-refractivity contribution in [2.45, 2.75) is 13.8 Å². The number of nitrogens with zero attached hydrogens (tertiary/aromatic N) is 1. The maximum absolute atomic E-state index is 11.5. The maximum atomic E-state index is 11.5. The van der Waals surface area contributed by atoms with Gasteiger partial charge in [0.15, 0.2) is 0 Å². The third kappa shape index (κ3) is 1.29. The van der Waals surface area contributed by atoms with Gasteiger partial charge in [-0.15, -0.1) is 11.3 Å². The van der Waals surface area contributed by atoms with Gasteiger partial charge in [0, 0.05) is 5.56 Å². The molecule has 2 aromatic heterocycles. The number of esters is 1. The number of aromatic amines is 1. The Hall–Kier alpha value is -1.36. The summed E-state index contributed by atoms with van der Waals surface area (Å²) in [6.07, 6.45) is 0. The van der Waals surface area contributed by atoms with Crippen LogP contribution in [0.2, 0.25) is 0 Å². The van der Waals surface area contributed by atoms with Gasteiger partial charge in [-0.25, -0.2) is 9.78 Å². The molecule has 2 aromatic rings. The lowest BCUT2D eigenvalue weighted by Gasteiger charge is -1.99. The first-order chi connectivity index (χ1) is 6.74. The molecule has 0 radical (unpaired) electrons. The minimum absolute atomic E-state index is 0.310. The number of carbonyl (C=O) groups excluding carboxylic acids is 1. The van der Waals surface area contributed by atoms with E-state index in [1.165, 1.54) is 11.3 Å². The zero-order valence-corrected chi connectivity index (χ0v) is 8.77. The standard InChI is InChI=1S/C9H10N2O2S/c1-3-13-9(12)7-5(2)6-8(11-7)14-4-10-6/h4,11H,3H2,1-2H3. The summed E-state index contributed by atoms with van der Waals surface area (Å²) in [5.41, 5.74) is 3.99. The average molecular weight is 210 g/mol. The van der Waals surface area contributed by atoms with E-state index in [0.29, 0.717) is 12.3 Å². The van der Waals surface area contributed by atoms with E-state index in [0.717, 1.165) is 15.9 Å². The lowest BCUT2D eigenvalue weighted by molar-refractivity contribution is 0.0520. The summed E-state index contributed by atoms with van der Waals surface area (Å²) in [5.74, 6) is -0.310. The highest BCUT2D eigenvalue weighted by Gasteiger charge is 2.16. The number of thiazole rings is 1. The molecule has 1 N–H and O–H groups in total. The fourth-order valence-electron chi connectivity index (χ4n) is 1.34. The van der Waals surface area contributed by atoms with Crippen molar-refractivity contribution in [1.82, 2.24) is 9.97 Å². The normalized spacial score (nSPS) is 10.7. The Balaban J connectivity index is 2.47. The molecule has 0 atom stereocenters. The summed E-state index contributed by atoms with van der Waals surface area (Å²) < 4.78 is 4.91. The second-order valence-electron chi connectivity index (χ2n) is 2.88. The highest BCUT2D eigenvalue weighted by atomic mass is 32.1. The van der Waals surface area contributed by atoms with Gasteiger partial charge in [-0.05, 0) is 13.8 Å². The Bertz CT molecular complexity index is 472. The van der Waals surface area contributed by atoms with E-state index in [2.05, 4.69) is 9.97 Å². The Morgan fingerprint density at radius 3 is 3.14 bits per heavy atom. The molecule has 0 aromatic carbocycles. The van der Waals surface area contributed by atoms with E-state index in [4.69, 9.17) is 4.74 Å². The Kier molecular flexibility index (Phi) is 2.25. The molecule has 2 heterocycles. The van der Waals surface area contributed by atoms with Crippen molar-refractivity contribution in [1.29, 1.82) is 0 Å². The quantitative estimate of drug-likeness (QED) is 0.772. The van der Waals surface area contributed by atoms with Gasteiger partial charge in [0.25, 0.3) is 0 Å². The maximum Gasteiger partial charge on any atom is 0.355 e. The van der Waals surface area contributed by atoms with E-state index in [-0.39, 0.29) is 5.97 Å². The second-order valence-corrected chi connectivity index (χ2v) is 3.73. The number of H-pyrrole nitrogens is 1. The summed E-state index contributed by atoms with van der Waals surface area (Å²) in [4.78, 5) is 19.5. The van der Waals surface area contributed by atoms with Crippen LogP contribution < -0.4 is 0 Å². The fourth-order valence-corrected chi connectivity index (χ4v) is 2.08. The van der Waals surface area contributed by atoms with Crippen LogP contribution >= 0.6 is 11.3 Å². The lowest BCUT2D eigenvalue weighted by Crippen LogP contribution is -2.06. The van der Waals surface area contributed by atoms with E-state index >= 15 is 0 Å². The van der Waals surface area contributed by atoms with Crippen LogP contribution in [0.3, 0.4) is 0 Å². The van der Waals surface area contributed by atoms with Gasteiger partial charge in [-0.3, -0.25) is 0 Å². The summed E-state index contributed by atoms with van der Waals surface area (Å²) in [5, 5.41) is 0. The molecule has 2 rings (SSSR count). The van der Waals surface area contributed by atoms with Gasteiger partial charge in [0.05, 0.1) is 12.1 Å². The molecular weight excluding hydrogens is 200 g/mol. The Morgan fingerprint density at radius 2 is 2.50 bits per heavy atom. The zero-order valence-electron chi connectivity index (χ0n) is 7.96. The third-order valence-corrected chi connectivity index (χ3v) is 2.76. The molecule has 5 heteroatoms. The predicted molar refractivity (Wildman–Crippen MR) is 54.7 cm³/mol. The van der Waals surface area contributed by atoms with Crippen LogP contribution in [0.1, 0.15) is 23.0 Å². The summed E-state index contributed by atoms with van der Waals surface area (Å²) in [6.45, 7) is 4.04. The molecule has 0 fully saturated rings. The third-order valence-electron chi connectivity index (χ3n) is 2.02. The monoisotopic (exact) mass is 210 g/mol. The highest BCUT2D eigenvalue weighted by molar-refractivity contribution is 7.16. The van der Waals surface area contributed by atoms with Gasteiger partial charge in [0.2, 0.25) is 0 Å². The minimum Gasteiger partial charge on any atom is -0.461 e. The number of ether oxygens (including phenoxy) is 1. The van der Waals surface area contributed by atoms with Crippen LogP contribution in [0, 0.1) is 6.92 Å². The van der Waals surface area contributed by atoms with Crippen LogP contribution in [0.15, 0.2) is 5.51 Å². The van der Waals surface area contributed by atoms with Crippen molar-refractivity contribution in [2.24, 2.45) is 0 Å². The van der Waals surface area contributed by atoms with Gasteiger partial charge in [0.1, 0.15) is 16.0 Å². The van der Waals surface area contributed by atoms with Crippen molar-refractivity contribution < 1.29 is 9.53 Å². The number of rotatable bonds is 2. The molecule has 0 bridgehead atoms. The molecule has 4 nitrogen and oxygen atoms in total. The number of fused-ring (bicyclic) bond motifs is 1. The number of nitrogens with one attached hydrogen (secondary N) is 1. The molecular formula is C9H10N2O2S. The number of hydrogen-bond acceptors (Lipinski definition) is 4. The molecule has 0 unspecified atom stereocenters. The molecule has 0 spiro atoms. The zero-order chi connectivity index (χ0) is 10.1. The Morgan fingerprint density at radius 1 is 1.71 bits per heavy atom. The van der Waals surface area contributed by atoms with Gasteiger partial charge >= 0.3 is 5.97 Å². The number of hydrogen-bond donors (Lipinski definition) is 1. The van der Waals surface area contributed by atoms with Crippen molar-refractivity contribution >= 4 is 27.7 Å². The van der Waals surface area contributed by atoms with Crippen LogP contribution in [-0.4, -0.2) is 22.5 Å². The predicted octanol–water partition coefficient (Wildman–Crippen LogP) is 2.11. The average Bonchev–Trinajstić information content (AvgIpc) is 2.69. The van der Waals surface area contributed by atoms with E-state index in [1.807, 2.05) is 6.92 Å². The fraction of sp³-hybridized carbons (Fsp3) is 0.333. The first-order valence-corrected chi connectivity index (χ1v) is 5.21. The molecule has 0 aliphatic carbocycles. The summed E-state index contributed by atoms with van der Waals surface area (Å²) >= 11 is 1.48. The number of aryl methyl sites for hydroxylation is 1. The molecule has 0 saturated heterocycles. The van der Waals surface area contributed by atoms with E-state index < -0.39 is 0 Å². The summed E-state index contributed by atoms with van der Waals surface area (Å²) in [7, 11) is 0.